The zero-order chi connectivity index (χ0) is 12.3. The number of benzene rings is 1. The Balaban J connectivity index is 2.41. The molecule has 0 spiro atoms. The Bertz CT molecular complexity index is 620. The minimum atomic E-state index is -0.403. The molecule has 0 atom stereocenters. The van der Waals surface area contributed by atoms with E-state index in [1.807, 2.05) is 6.07 Å². The fourth-order valence-electron chi connectivity index (χ4n) is 1.30. The highest BCUT2D eigenvalue weighted by Crippen LogP contribution is 2.12. The van der Waals surface area contributed by atoms with Gasteiger partial charge in [-0.25, -0.2) is 0 Å². The summed E-state index contributed by atoms with van der Waals surface area (Å²) in [6, 6.07) is 11.8. The van der Waals surface area contributed by atoms with Crippen molar-refractivity contribution in [2.75, 3.05) is 0 Å². The minimum Gasteiger partial charge on any atom is -0.427 e. The summed E-state index contributed by atoms with van der Waals surface area (Å²) in [5, 5.41) is 9.42. The molecule has 1 amide bonds. The van der Waals surface area contributed by atoms with E-state index in [2.05, 4.69) is 20.9 Å². The van der Waals surface area contributed by atoms with Crippen LogP contribution in [0.15, 0.2) is 58.1 Å². The fraction of sp³-hybridized carbons (Fsp3) is 0. The Morgan fingerprint density at radius 3 is 2.76 bits per heavy atom. The lowest BCUT2D eigenvalue weighted by molar-refractivity contribution is 0.0988. The molecule has 2 rings (SSSR count). The maximum absolute atomic E-state index is 11.8. The van der Waals surface area contributed by atoms with E-state index >= 15 is 0 Å². The van der Waals surface area contributed by atoms with E-state index in [1.54, 1.807) is 36.4 Å². The third-order valence-corrected chi connectivity index (χ3v) is 2.60. The zero-order valence-electron chi connectivity index (χ0n) is 8.75. The number of carbonyl (C=O) groups is 1. The van der Waals surface area contributed by atoms with Gasteiger partial charge in [0, 0.05) is 16.2 Å². The third kappa shape index (κ3) is 2.82. The first-order valence-electron chi connectivity index (χ1n) is 4.88. The quantitative estimate of drug-likeness (QED) is 0.820. The minimum absolute atomic E-state index is 0.192. The van der Waals surface area contributed by atoms with Crippen molar-refractivity contribution < 1.29 is 10.0 Å². The van der Waals surface area contributed by atoms with Gasteiger partial charge in [-0.1, -0.05) is 28.1 Å². The molecule has 17 heavy (non-hydrogen) atoms. The van der Waals surface area contributed by atoms with Crippen LogP contribution >= 0.6 is 15.9 Å². The van der Waals surface area contributed by atoms with Gasteiger partial charge in [0.15, 0.2) is 5.49 Å². The summed E-state index contributed by atoms with van der Waals surface area (Å²) in [6.07, 6.45) is 1.41. The van der Waals surface area contributed by atoms with E-state index in [0.717, 1.165) is 9.20 Å². The van der Waals surface area contributed by atoms with Crippen molar-refractivity contribution in [3.05, 3.63) is 64.2 Å². The molecule has 0 saturated heterocycles. The first-order valence-corrected chi connectivity index (χ1v) is 5.68. The summed E-state index contributed by atoms with van der Waals surface area (Å²) in [5.41, 5.74) is 0.653. The van der Waals surface area contributed by atoms with Crippen molar-refractivity contribution in [3.8, 4) is 0 Å². The predicted molar refractivity (Wildman–Crippen MR) is 65.7 cm³/mol. The number of pyridine rings is 1. The smallest absolute Gasteiger partial charge is 0.279 e. The Morgan fingerprint density at radius 2 is 2.06 bits per heavy atom. The number of rotatable bonds is 1. The average Bonchev–Trinajstić information content (AvgIpc) is 2.32. The largest absolute Gasteiger partial charge is 0.427 e. The molecule has 0 aliphatic heterocycles. The standard InChI is InChI=1S/C12H9BrN2O2/c13-10-5-3-4-9(8-10)12(16)14-11-6-1-2-7-15(11)17/h1-8,17H. The Labute approximate surface area is 106 Å². The summed E-state index contributed by atoms with van der Waals surface area (Å²) in [7, 11) is 0. The van der Waals surface area contributed by atoms with Gasteiger partial charge in [-0.2, -0.15) is 9.72 Å². The van der Waals surface area contributed by atoms with E-state index in [-0.39, 0.29) is 5.49 Å². The van der Waals surface area contributed by atoms with Crippen LogP contribution in [0.5, 0.6) is 0 Å². The van der Waals surface area contributed by atoms with Gasteiger partial charge in [0.1, 0.15) is 0 Å². The zero-order valence-corrected chi connectivity index (χ0v) is 10.3. The molecule has 2 aromatic rings. The second kappa shape index (κ2) is 4.97. The van der Waals surface area contributed by atoms with E-state index in [0.29, 0.717) is 5.56 Å². The van der Waals surface area contributed by atoms with Crippen molar-refractivity contribution in [2.24, 2.45) is 4.99 Å². The third-order valence-electron chi connectivity index (χ3n) is 2.11. The van der Waals surface area contributed by atoms with Gasteiger partial charge in [-0.05, 0) is 30.3 Å². The summed E-state index contributed by atoms with van der Waals surface area (Å²) in [5.74, 6) is -0.403. The van der Waals surface area contributed by atoms with Crippen molar-refractivity contribution in [1.29, 1.82) is 0 Å². The lowest BCUT2D eigenvalue weighted by atomic mass is 10.2. The Kier molecular flexibility index (Phi) is 3.39. The molecular formula is C12H9BrN2O2. The van der Waals surface area contributed by atoms with Crippen LogP contribution in [0, 0.1) is 0 Å². The van der Waals surface area contributed by atoms with Crippen LogP contribution in [0.4, 0.5) is 0 Å². The summed E-state index contributed by atoms with van der Waals surface area (Å²) in [6.45, 7) is 0. The molecule has 0 fully saturated rings. The second-order valence-corrected chi connectivity index (χ2v) is 4.25. The highest BCUT2D eigenvalue weighted by Gasteiger charge is 2.03. The summed E-state index contributed by atoms with van der Waals surface area (Å²) in [4.78, 5) is 15.6. The number of nitrogens with zero attached hydrogens (tertiary/aromatic N) is 2. The van der Waals surface area contributed by atoms with Gasteiger partial charge >= 0.3 is 0 Å². The van der Waals surface area contributed by atoms with Crippen molar-refractivity contribution in [3.63, 3.8) is 0 Å². The number of aromatic nitrogens is 1. The molecule has 0 aliphatic rings. The average molecular weight is 293 g/mol. The van der Waals surface area contributed by atoms with Crippen LogP contribution in [0.1, 0.15) is 10.4 Å². The molecular weight excluding hydrogens is 284 g/mol. The van der Waals surface area contributed by atoms with Crippen LogP contribution in [0.3, 0.4) is 0 Å². The van der Waals surface area contributed by atoms with E-state index < -0.39 is 5.91 Å². The van der Waals surface area contributed by atoms with E-state index in [1.165, 1.54) is 6.20 Å². The molecule has 5 heteroatoms. The van der Waals surface area contributed by atoms with Crippen molar-refractivity contribution >= 4 is 21.8 Å². The van der Waals surface area contributed by atoms with E-state index in [4.69, 9.17) is 0 Å². The highest BCUT2D eigenvalue weighted by atomic mass is 79.9. The number of carbonyl (C=O) groups excluding carboxylic acids is 1. The van der Waals surface area contributed by atoms with Gasteiger partial charge < -0.3 is 5.21 Å². The van der Waals surface area contributed by atoms with Gasteiger partial charge in [0.2, 0.25) is 0 Å². The van der Waals surface area contributed by atoms with Gasteiger partial charge in [0.25, 0.3) is 5.91 Å². The monoisotopic (exact) mass is 292 g/mol. The van der Waals surface area contributed by atoms with Crippen LogP contribution in [0.2, 0.25) is 0 Å². The lowest BCUT2D eigenvalue weighted by Crippen LogP contribution is -2.19. The van der Waals surface area contributed by atoms with Crippen molar-refractivity contribution in [1.82, 2.24) is 4.73 Å². The topological polar surface area (TPSA) is 54.6 Å². The van der Waals surface area contributed by atoms with Crippen molar-refractivity contribution in [2.45, 2.75) is 0 Å². The lowest BCUT2D eigenvalue weighted by Gasteiger charge is -1.98. The normalized spacial score (nSPS) is 11.5. The molecule has 1 aromatic carbocycles. The Morgan fingerprint density at radius 1 is 1.24 bits per heavy atom. The molecule has 0 aliphatic carbocycles. The van der Waals surface area contributed by atoms with Gasteiger partial charge in [0.05, 0.1) is 0 Å². The highest BCUT2D eigenvalue weighted by molar-refractivity contribution is 9.10. The summed E-state index contributed by atoms with van der Waals surface area (Å²) < 4.78 is 1.61. The molecule has 4 nitrogen and oxygen atoms in total. The van der Waals surface area contributed by atoms with Gasteiger partial charge in [-0.15, -0.1) is 0 Å². The maximum Gasteiger partial charge on any atom is 0.279 e. The fourth-order valence-corrected chi connectivity index (χ4v) is 1.70. The number of hydrogen-bond acceptors (Lipinski definition) is 2. The first kappa shape index (κ1) is 11.6. The molecule has 0 unspecified atom stereocenters. The predicted octanol–water partition coefficient (Wildman–Crippen LogP) is 2.23. The maximum atomic E-state index is 11.8. The molecule has 1 N–H and O–H groups in total. The molecule has 1 aromatic heterocycles. The first-order chi connectivity index (χ1) is 8.16. The van der Waals surface area contributed by atoms with Crippen LogP contribution in [0.25, 0.3) is 0 Å². The molecule has 0 saturated carbocycles. The molecule has 0 bridgehead atoms. The SMILES string of the molecule is O=C(N=c1ccccn1O)c1cccc(Br)c1. The van der Waals surface area contributed by atoms with Crippen LogP contribution in [-0.4, -0.2) is 15.8 Å². The van der Waals surface area contributed by atoms with E-state index in [9.17, 15) is 10.0 Å². The number of halogens is 1. The summed E-state index contributed by atoms with van der Waals surface area (Å²) >= 11 is 3.28. The van der Waals surface area contributed by atoms with Gasteiger partial charge in [-0.3, -0.25) is 4.79 Å². The number of hydrogen-bond donors (Lipinski definition) is 1. The second-order valence-electron chi connectivity index (χ2n) is 3.33. The van der Waals surface area contributed by atoms with Crippen LogP contribution < -0.4 is 5.49 Å². The molecule has 0 radical (unpaired) electrons. The molecule has 1 heterocycles. The Hall–Kier alpha value is -1.88. The molecule has 86 valence electrons. The number of amides is 1. The van der Waals surface area contributed by atoms with Crippen LogP contribution in [-0.2, 0) is 0 Å².